The van der Waals surface area contributed by atoms with Crippen molar-refractivity contribution in [3.63, 3.8) is 0 Å². The second kappa shape index (κ2) is 6.28. The van der Waals surface area contributed by atoms with Gasteiger partial charge in [-0.1, -0.05) is 31.2 Å². The van der Waals surface area contributed by atoms with Crippen LogP contribution in [0.3, 0.4) is 0 Å². The number of nitrogens with one attached hydrogen (secondary N) is 1. The molecule has 0 fully saturated rings. The highest BCUT2D eigenvalue weighted by molar-refractivity contribution is 7.70. The van der Waals surface area contributed by atoms with Gasteiger partial charge < -0.3 is 9.88 Å². The molecule has 0 saturated carbocycles. The molecule has 1 N–H and O–H groups in total. The molecule has 4 heteroatoms. The summed E-state index contributed by atoms with van der Waals surface area (Å²) in [4.78, 5) is 12.2. The zero-order valence-electron chi connectivity index (χ0n) is 12.6. The Morgan fingerprint density at radius 3 is 2.33 bits per heavy atom. The SMILES string of the molecule is CCc1cccc(NC(=O)c2ccc(P(C)(C)=O)cc2)c1. The molecule has 2 aromatic carbocycles. The van der Waals surface area contributed by atoms with Gasteiger partial charge in [-0.05, 0) is 49.6 Å². The van der Waals surface area contributed by atoms with E-state index < -0.39 is 7.14 Å². The van der Waals surface area contributed by atoms with Gasteiger partial charge in [0.15, 0.2) is 0 Å². The molecule has 0 radical (unpaired) electrons. The number of anilines is 1. The first-order valence-corrected chi connectivity index (χ1v) is 9.56. The van der Waals surface area contributed by atoms with Crippen LogP contribution in [0.2, 0.25) is 0 Å². The van der Waals surface area contributed by atoms with Gasteiger partial charge in [0.25, 0.3) is 5.91 Å². The van der Waals surface area contributed by atoms with Gasteiger partial charge in [-0.25, -0.2) is 0 Å². The van der Waals surface area contributed by atoms with Crippen LogP contribution in [0.25, 0.3) is 0 Å². The van der Waals surface area contributed by atoms with Gasteiger partial charge in [-0.3, -0.25) is 4.79 Å². The highest BCUT2D eigenvalue weighted by Crippen LogP contribution is 2.34. The summed E-state index contributed by atoms with van der Waals surface area (Å²) in [6, 6.07) is 14.8. The lowest BCUT2D eigenvalue weighted by Gasteiger charge is -2.09. The van der Waals surface area contributed by atoms with Crippen molar-refractivity contribution in [2.75, 3.05) is 18.6 Å². The molecule has 0 saturated heterocycles. The Kier molecular flexibility index (Phi) is 4.64. The zero-order chi connectivity index (χ0) is 15.5. The van der Waals surface area contributed by atoms with E-state index in [0.717, 1.165) is 17.4 Å². The Morgan fingerprint density at radius 2 is 1.76 bits per heavy atom. The van der Waals surface area contributed by atoms with Gasteiger partial charge in [0.05, 0.1) is 0 Å². The smallest absolute Gasteiger partial charge is 0.255 e. The average Bonchev–Trinajstić information content (AvgIpc) is 2.46. The summed E-state index contributed by atoms with van der Waals surface area (Å²) in [6.07, 6.45) is 0.931. The third-order valence-corrected chi connectivity index (χ3v) is 4.89. The van der Waals surface area contributed by atoms with Gasteiger partial charge in [-0.2, -0.15) is 0 Å². The minimum absolute atomic E-state index is 0.156. The molecule has 0 heterocycles. The molecule has 3 nitrogen and oxygen atoms in total. The molecule has 0 bridgehead atoms. The fourth-order valence-electron chi connectivity index (χ4n) is 2.04. The number of amides is 1. The predicted octanol–water partition coefficient (Wildman–Crippen LogP) is 3.75. The Morgan fingerprint density at radius 1 is 1.10 bits per heavy atom. The van der Waals surface area contributed by atoms with Crippen LogP contribution in [0.5, 0.6) is 0 Å². The molecule has 0 aromatic heterocycles. The number of rotatable bonds is 4. The van der Waals surface area contributed by atoms with E-state index >= 15 is 0 Å². The van der Waals surface area contributed by atoms with Crippen LogP contribution in [-0.4, -0.2) is 19.2 Å². The van der Waals surface area contributed by atoms with E-state index in [-0.39, 0.29) is 5.91 Å². The molecule has 0 aliphatic heterocycles. The van der Waals surface area contributed by atoms with Crippen LogP contribution < -0.4 is 10.6 Å². The number of carbonyl (C=O) groups excluding carboxylic acids is 1. The minimum Gasteiger partial charge on any atom is -0.322 e. The monoisotopic (exact) mass is 301 g/mol. The molecule has 2 aromatic rings. The molecule has 0 spiro atoms. The van der Waals surface area contributed by atoms with Crippen LogP contribution in [0.15, 0.2) is 48.5 Å². The number of aryl methyl sites for hydroxylation is 1. The number of hydrogen-bond donors (Lipinski definition) is 1. The normalized spacial score (nSPS) is 11.2. The van der Waals surface area contributed by atoms with Crippen molar-refractivity contribution in [3.05, 3.63) is 59.7 Å². The first kappa shape index (κ1) is 15.5. The van der Waals surface area contributed by atoms with E-state index in [1.54, 1.807) is 37.6 Å². The summed E-state index contributed by atoms with van der Waals surface area (Å²) >= 11 is 0. The van der Waals surface area contributed by atoms with Crippen molar-refractivity contribution in [2.24, 2.45) is 0 Å². The lowest BCUT2D eigenvalue weighted by Crippen LogP contribution is -2.13. The van der Waals surface area contributed by atoms with E-state index in [4.69, 9.17) is 0 Å². The van der Waals surface area contributed by atoms with Crippen molar-refractivity contribution < 1.29 is 9.36 Å². The van der Waals surface area contributed by atoms with Gasteiger partial charge in [0.2, 0.25) is 0 Å². The number of benzene rings is 2. The van der Waals surface area contributed by atoms with Gasteiger partial charge in [0.1, 0.15) is 7.14 Å². The predicted molar refractivity (Wildman–Crippen MR) is 89.3 cm³/mol. The largest absolute Gasteiger partial charge is 0.322 e. The molecule has 0 aliphatic carbocycles. The molecule has 21 heavy (non-hydrogen) atoms. The Balaban J connectivity index is 2.15. The van der Waals surface area contributed by atoms with Crippen LogP contribution >= 0.6 is 7.14 Å². The Hall–Kier alpha value is -1.86. The van der Waals surface area contributed by atoms with Crippen molar-refractivity contribution in [1.82, 2.24) is 0 Å². The molecule has 1 amide bonds. The molecule has 2 rings (SSSR count). The second-order valence-electron chi connectivity index (χ2n) is 5.41. The van der Waals surface area contributed by atoms with E-state index in [1.165, 1.54) is 5.56 Å². The first-order valence-electron chi connectivity index (χ1n) is 6.96. The summed E-state index contributed by atoms with van der Waals surface area (Å²) in [5.74, 6) is -0.156. The highest BCUT2D eigenvalue weighted by Gasteiger charge is 2.12. The molecule has 0 unspecified atom stereocenters. The standard InChI is InChI=1S/C17H20NO2P/c1-4-13-6-5-7-15(12-13)18-17(19)14-8-10-16(11-9-14)21(2,3)20/h5-12H,4H2,1-3H3,(H,18,19). The van der Waals surface area contributed by atoms with E-state index in [9.17, 15) is 9.36 Å². The fraction of sp³-hybridized carbons (Fsp3) is 0.235. The second-order valence-corrected chi connectivity index (χ2v) is 8.62. The lowest BCUT2D eigenvalue weighted by molar-refractivity contribution is 0.102. The molecule has 0 aliphatic rings. The van der Waals surface area contributed by atoms with Crippen molar-refractivity contribution >= 4 is 24.0 Å². The van der Waals surface area contributed by atoms with Crippen LogP contribution in [0.1, 0.15) is 22.8 Å². The Labute approximate surface area is 125 Å². The summed E-state index contributed by atoms with van der Waals surface area (Å²) in [5, 5.41) is 3.67. The first-order chi connectivity index (χ1) is 9.90. The van der Waals surface area contributed by atoms with Gasteiger partial charge >= 0.3 is 0 Å². The summed E-state index contributed by atoms with van der Waals surface area (Å²) in [5.41, 5.74) is 2.54. The minimum atomic E-state index is -2.28. The summed E-state index contributed by atoms with van der Waals surface area (Å²) in [7, 11) is -2.28. The zero-order valence-corrected chi connectivity index (χ0v) is 13.5. The lowest BCUT2D eigenvalue weighted by atomic mass is 10.1. The van der Waals surface area contributed by atoms with Crippen molar-refractivity contribution in [3.8, 4) is 0 Å². The van der Waals surface area contributed by atoms with Crippen LogP contribution in [0, 0.1) is 0 Å². The molecule has 110 valence electrons. The van der Waals surface area contributed by atoms with Gasteiger partial charge in [-0.15, -0.1) is 0 Å². The van der Waals surface area contributed by atoms with E-state index in [2.05, 4.69) is 12.2 Å². The van der Waals surface area contributed by atoms with E-state index in [1.807, 2.05) is 24.3 Å². The maximum atomic E-state index is 12.2. The maximum Gasteiger partial charge on any atom is 0.255 e. The van der Waals surface area contributed by atoms with Crippen LogP contribution in [-0.2, 0) is 11.0 Å². The van der Waals surface area contributed by atoms with Gasteiger partial charge in [0, 0.05) is 16.6 Å². The maximum absolute atomic E-state index is 12.2. The van der Waals surface area contributed by atoms with Crippen molar-refractivity contribution in [2.45, 2.75) is 13.3 Å². The third kappa shape index (κ3) is 4.05. The fourth-order valence-corrected chi connectivity index (χ4v) is 2.91. The topological polar surface area (TPSA) is 46.2 Å². The highest BCUT2D eigenvalue weighted by atomic mass is 31.2. The number of carbonyl (C=O) groups is 1. The molecular weight excluding hydrogens is 281 g/mol. The molecular formula is C17H20NO2P. The summed E-state index contributed by atoms with van der Waals surface area (Å²) < 4.78 is 12.0. The number of hydrogen-bond acceptors (Lipinski definition) is 2. The van der Waals surface area contributed by atoms with Crippen LogP contribution in [0.4, 0.5) is 5.69 Å². The quantitative estimate of drug-likeness (QED) is 0.874. The Bertz CT molecular complexity index is 686. The average molecular weight is 301 g/mol. The summed E-state index contributed by atoms with van der Waals surface area (Å²) in [6.45, 7) is 5.52. The van der Waals surface area contributed by atoms with E-state index in [0.29, 0.717) is 5.56 Å². The van der Waals surface area contributed by atoms with Crippen molar-refractivity contribution in [1.29, 1.82) is 0 Å². The third-order valence-electron chi connectivity index (χ3n) is 3.34. The molecule has 0 atom stereocenters.